The molecule has 5 heteroatoms. The molecule has 0 radical (unpaired) electrons. The maximum Gasteiger partial charge on any atom is 0.227 e. The summed E-state index contributed by atoms with van der Waals surface area (Å²) in [5, 5.41) is 5.20. The molecule has 1 atom stereocenters. The minimum Gasteiger partial charge on any atom is -0.342 e. The van der Waals surface area contributed by atoms with E-state index in [0.29, 0.717) is 12.3 Å². The first-order valence-corrected chi connectivity index (χ1v) is 6.62. The summed E-state index contributed by atoms with van der Waals surface area (Å²) in [4.78, 5) is 15.1. The second-order valence-electron chi connectivity index (χ2n) is 4.31. The molecule has 0 bridgehead atoms. The summed E-state index contributed by atoms with van der Waals surface area (Å²) in [6, 6.07) is 4.03. The van der Waals surface area contributed by atoms with Gasteiger partial charge in [-0.1, -0.05) is 6.07 Å². The molecule has 0 aliphatic carbocycles. The first kappa shape index (κ1) is 14.5. The van der Waals surface area contributed by atoms with Gasteiger partial charge in [-0.15, -0.1) is 23.7 Å². The van der Waals surface area contributed by atoms with Gasteiger partial charge in [0.25, 0.3) is 0 Å². The fraction of sp³-hybridized carbons (Fsp3) is 0.583. The molecule has 1 aliphatic heterocycles. The Morgan fingerprint density at radius 2 is 2.47 bits per heavy atom. The van der Waals surface area contributed by atoms with Crippen molar-refractivity contribution in [3.63, 3.8) is 0 Å². The highest BCUT2D eigenvalue weighted by Crippen LogP contribution is 2.18. The van der Waals surface area contributed by atoms with Crippen LogP contribution >= 0.6 is 23.7 Å². The van der Waals surface area contributed by atoms with Crippen molar-refractivity contribution in [2.24, 2.45) is 5.92 Å². The van der Waals surface area contributed by atoms with E-state index in [4.69, 9.17) is 0 Å². The zero-order chi connectivity index (χ0) is 11.4. The van der Waals surface area contributed by atoms with Crippen molar-refractivity contribution in [2.75, 3.05) is 26.7 Å². The number of rotatable bonds is 4. The lowest BCUT2D eigenvalue weighted by atomic mass is 10.1. The molecule has 1 fully saturated rings. The maximum absolute atomic E-state index is 12.0. The summed E-state index contributed by atoms with van der Waals surface area (Å²) in [5.74, 6) is 0.915. The summed E-state index contributed by atoms with van der Waals surface area (Å²) in [6.07, 6.45) is 1.71. The van der Waals surface area contributed by atoms with Gasteiger partial charge in [-0.25, -0.2) is 0 Å². The average molecular weight is 275 g/mol. The quantitative estimate of drug-likeness (QED) is 0.908. The smallest absolute Gasteiger partial charge is 0.227 e. The fourth-order valence-corrected chi connectivity index (χ4v) is 2.88. The summed E-state index contributed by atoms with van der Waals surface area (Å²) < 4.78 is 0. The van der Waals surface area contributed by atoms with E-state index in [1.807, 2.05) is 29.5 Å². The summed E-state index contributed by atoms with van der Waals surface area (Å²) >= 11 is 1.66. The molecule has 1 aromatic heterocycles. The molecular formula is C12H19ClN2OS. The first-order valence-electron chi connectivity index (χ1n) is 5.74. The molecule has 3 nitrogen and oxygen atoms in total. The molecule has 0 spiro atoms. The number of carbonyl (C=O) groups excluding carboxylic acids is 1. The Kier molecular flexibility index (Phi) is 5.95. The third kappa shape index (κ3) is 3.98. The van der Waals surface area contributed by atoms with E-state index in [1.165, 1.54) is 4.88 Å². The Bertz CT molecular complexity index is 342. The van der Waals surface area contributed by atoms with E-state index in [-0.39, 0.29) is 18.3 Å². The predicted octanol–water partition coefficient (Wildman–Crippen LogP) is 1.78. The van der Waals surface area contributed by atoms with Crippen molar-refractivity contribution >= 4 is 29.7 Å². The number of nitrogens with one attached hydrogen (secondary N) is 1. The zero-order valence-corrected chi connectivity index (χ0v) is 11.6. The van der Waals surface area contributed by atoms with E-state index >= 15 is 0 Å². The standard InChI is InChI=1S/C12H18N2OS.ClH/c1-13-8-10-4-5-14(9-10)12(15)7-11-3-2-6-16-11;/h2-3,6,10,13H,4-5,7-9H2,1H3;1H. The van der Waals surface area contributed by atoms with Gasteiger partial charge >= 0.3 is 0 Å². The number of thiophene rings is 1. The first-order chi connectivity index (χ1) is 7.79. The molecule has 2 rings (SSSR count). The minimum absolute atomic E-state index is 0. The Morgan fingerprint density at radius 3 is 3.12 bits per heavy atom. The van der Waals surface area contributed by atoms with Crippen molar-refractivity contribution in [2.45, 2.75) is 12.8 Å². The van der Waals surface area contributed by atoms with Gasteiger partial charge < -0.3 is 10.2 Å². The van der Waals surface area contributed by atoms with Crippen LogP contribution in [0.25, 0.3) is 0 Å². The number of halogens is 1. The molecular weight excluding hydrogens is 256 g/mol. The van der Waals surface area contributed by atoms with Crippen molar-refractivity contribution in [1.82, 2.24) is 10.2 Å². The van der Waals surface area contributed by atoms with Gasteiger partial charge in [-0.3, -0.25) is 4.79 Å². The average Bonchev–Trinajstić information content (AvgIpc) is 2.89. The summed E-state index contributed by atoms with van der Waals surface area (Å²) in [5.41, 5.74) is 0. The maximum atomic E-state index is 12.0. The van der Waals surface area contributed by atoms with Crippen LogP contribution in [-0.2, 0) is 11.2 Å². The number of amides is 1. The molecule has 1 N–H and O–H groups in total. The van der Waals surface area contributed by atoms with Crippen LogP contribution in [0, 0.1) is 5.92 Å². The van der Waals surface area contributed by atoms with Crippen LogP contribution in [0.3, 0.4) is 0 Å². The van der Waals surface area contributed by atoms with E-state index in [0.717, 1.165) is 26.1 Å². The van der Waals surface area contributed by atoms with E-state index in [1.54, 1.807) is 11.3 Å². The molecule has 17 heavy (non-hydrogen) atoms. The van der Waals surface area contributed by atoms with Crippen LogP contribution in [0.5, 0.6) is 0 Å². The largest absolute Gasteiger partial charge is 0.342 e. The monoisotopic (exact) mass is 274 g/mol. The van der Waals surface area contributed by atoms with Gasteiger partial charge in [0.05, 0.1) is 6.42 Å². The molecule has 96 valence electrons. The lowest BCUT2D eigenvalue weighted by Crippen LogP contribution is -2.31. The molecule has 1 unspecified atom stereocenters. The zero-order valence-electron chi connectivity index (χ0n) is 10.0. The van der Waals surface area contributed by atoms with Crippen molar-refractivity contribution in [1.29, 1.82) is 0 Å². The number of carbonyl (C=O) groups is 1. The molecule has 1 aliphatic rings. The summed E-state index contributed by atoms with van der Waals surface area (Å²) in [7, 11) is 1.97. The number of hydrogen-bond donors (Lipinski definition) is 1. The van der Waals surface area contributed by atoms with Crippen molar-refractivity contribution in [3.8, 4) is 0 Å². The lowest BCUT2D eigenvalue weighted by molar-refractivity contribution is -0.129. The van der Waals surface area contributed by atoms with E-state index < -0.39 is 0 Å². The molecule has 1 aromatic rings. The van der Waals surface area contributed by atoms with Gasteiger partial charge in [0, 0.05) is 18.0 Å². The van der Waals surface area contributed by atoms with Crippen LogP contribution in [0.1, 0.15) is 11.3 Å². The Labute approximate surface area is 113 Å². The summed E-state index contributed by atoms with van der Waals surface area (Å²) in [6.45, 7) is 2.87. The predicted molar refractivity (Wildman–Crippen MR) is 73.9 cm³/mol. The molecule has 1 saturated heterocycles. The Balaban J connectivity index is 0.00000144. The van der Waals surface area contributed by atoms with Crippen LogP contribution in [0.15, 0.2) is 17.5 Å². The topological polar surface area (TPSA) is 32.3 Å². The SMILES string of the molecule is CNCC1CCN(C(=O)Cc2cccs2)C1.Cl. The number of likely N-dealkylation sites (tertiary alicyclic amines) is 1. The molecule has 0 saturated carbocycles. The van der Waals surface area contributed by atoms with E-state index in [9.17, 15) is 4.79 Å². The number of hydrogen-bond acceptors (Lipinski definition) is 3. The molecule has 1 amide bonds. The molecule has 2 heterocycles. The van der Waals surface area contributed by atoms with Crippen LogP contribution in [0.2, 0.25) is 0 Å². The van der Waals surface area contributed by atoms with Crippen LogP contribution in [-0.4, -0.2) is 37.5 Å². The Morgan fingerprint density at radius 1 is 1.65 bits per heavy atom. The van der Waals surface area contributed by atoms with Gasteiger partial charge in [0.1, 0.15) is 0 Å². The van der Waals surface area contributed by atoms with Gasteiger partial charge in [0.15, 0.2) is 0 Å². The highest BCUT2D eigenvalue weighted by molar-refractivity contribution is 7.10. The van der Waals surface area contributed by atoms with Gasteiger partial charge in [-0.05, 0) is 37.4 Å². The molecule has 0 aromatic carbocycles. The van der Waals surface area contributed by atoms with Crippen LogP contribution < -0.4 is 5.32 Å². The lowest BCUT2D eigenvalue weighted by Gasteiger charge is -2.16. The third-order valence-electron chi connectivity index (χ3n) is 3.04. The fourth-order valence-electron chi connectivity index (χ4n) is 2.19. The normalized spacial score (nSPS) is 19.1. The second kappa shape index (κ2) is 6.99. The van der Waals surface area contributed by atoms with Gasteiger partial charge in [0.2, 0.25) is 5.91 Å². The van der Waals surface area contributed by atoms with Crippen LogP contribution in [0.4, 0.5) is 0 Å². The second-order valence-corrected chi connectivity index (χ2v) is 5.34. The van der Waals surface area contributed by atoms with Gasteiger partial charge in [-0.2, -0.15) is 0 Å². The van der Waals surface area contributed by atoms with Crippen molar-refractivity contribution < 1.29 is 4.79 Å². The minimum atomic E-state index is 0. The number of nitrogens with zero attached hydrogens (tertiary/aromatic N) is 1. The Hall–Kier alpha value is -0.580. The highest BCUT2D eigenvalue weighted by Gasteiger charge is 2.25. The van der Waals surface area contributed by atoms with Crippen molar-refractivity contribution in [3.05, 3.63) is 22.4 Å². The third-order valence-corrected chi connectivity index (χ3v) is 3.91. The van der Waals surface area contributed by atoms with E-state index in [2.05, 4.69) is 5.32 Å². The highest BCUT2D eigenvalue weighted by atomic mass is 35.5.